The molecule has 0 aromatic heterocycles. The van der Waals surface area contributed by atoms with Gasteiger partial charge in [0, 0.05) is 5.02 Å². The Morgan fingerprint density at radius 1 is 1.05 bits per heavy atom. The summed E-state index contributed by atoms with van der Waals surface area (Å²) < 4.78 is 24.1. The SMILES string of the molecule is O=C(CS(=O)(=O)c1ccc(Cl)cc1)NOCc1ccccc1. The summed E-state index contributed by atoms with van der Waals surface area (Å²) in [6, 6.07) is 14.8. The highest BCUT2D eigenvalue weighted by molar-refractivity contribution is 7.92. The van der Waals surface area contributed by atoms with Crippen molar-refractivity contribution in [1.82, 2.24) is 5.48 Å². The fourth-order valence-electron chi connectivity index (χ4n) is 1.70. The summed E-state index contributed by atoms with van der Waals surface area (Å²) in [5.74, 6) is -1.42. The van der Waals surface area contributed by atoms with Gasteiger partial charge in [-0.05, 0) is 29.8 Å². The van der Waals surface area contributed by atoms with E-state index in [0.29, 0.717) is 5.02 Å². The molecule has 0 fully saturated rings. The van der Waals surface area contributed by atoms with Gasteiger partial charge >= 0.3 is 0 Å². The Morgan fingerprint density at radius 3 is 2.32 bits per heavy atom. The minimum absolute atomic E-state index is 0.0371. The highest BCUT2D eigenvalue weighted by Crippen LogP contribution is 2.15. The van der Waals surface area contributed by atoms with Gasteiger partial charge in [-0.25, -0.2) is 13.9 Å². The zero-order chi connectivity index (χ0) is 16.0. The van der Waals surface area contributed by atoms with Gasteiger partial charge in [-0.1, -0.05) is 41.9 Å². The third-order valence-electron chi connectivity index (χ3n) is 2.76. The highest BCUT2D eigenvalue weighted by atomic mass is 35.5. The third kappa shape index (κ3) is 4.84. The van der Waals surface area contributed by atoms with Gasteiger partial charge in [0.15, 0.2) is 9.84 Å². The Morgan fingerprint density at radius 2 is 1.68 bits per heavy atom. The number of sulfone groups is 1. The fourth-order valence-corrected chi connectivity index (χ4v) is 2.95. The molecule has 0 spiro atoms. The molecule has 0 radical (unpaired) electrons. The monoisotopic (exact) mass is 339 g/mol. The number of hydrogen-bond acceptors (Lipinski definition) is 4. The zero-order valence-electron chi connectivity index (χ0n) is 11.5. The molecular weight excluding hydrogens is 326 g/mol. The molecular formula is C15H14ClNO4S. The van der Waals surface area contributed by atoms with E-state index in [1.807, 2.05) is 30.3 Å². The van der Waals surface area contributed by atoms with Crippen LogP contribution in [-0.2, 0) is 26.1 Å². The summed E-state index contributed by atoms with van der Waals surface area (Å²) in [7, 11) is -3.72. The molecule has 0 bridgehead atoms. The van der Waals surface area contributed by atoms with Gasteiger partial charge in [0.1, 0.15) is 5.75 Å². The molecule has 2 rings (SSSR count). The molecule has 0 saturated carbocycles. The van der Waals surface area contributed by atoms with Crippen molar-refractivity contribution >= 4 is 27.3 Å². The summed E-state index contributed by atoms with van der Waals surface area (Å²) in [6.07, 6.45) is 0. The molecule has 0 atom stereocenters. The Hall–Kier alpha value is -1.89. The van der Waals surface area contributed by atoms with Crippen molar-refractivity contribution < 1.29 is 18.0 Å². The van der Waals surface area contributed by atoms with Crippen LogP contribution in [0.3, 0.4) is 0 Å². The van der Waals surface area contributed by atoms with Crippen LogP contribution in [0.5, 0.6) is 0 Å². The van der Waals surface area contributed by atoms with Crippen LogP contribution in [0.25, 0.3) is 0 Å². The van der Waals surface area contributed by atoms with E-state index >= 15 is 0 Å². The normalized spacial score (nSPS) is 11.1. The minimum Gasteiger partial charge on any atom is -0.272 e. The molecule has 0 aliphatic rings. The Kier molecular flexibility index (Phi) is 5.54. The Bertz CT molecular complexity index is 730. The van der Waals surface area contributed by atoms with Crippen LogP contribution in [0.1, 0.15) is 5.56 Å². The molecule has 5 nitrogen and oxygen atoms in total. The van der Waals surface area contributed by atoms with Crippen molar-refractivity contribution in [1.29, 1.82) is 0 Å². The van der Waals surface area contributed by atoms with Gasteiger partial charge in [-0.15, -0.1) is 0 Å². The molecule has 0 heterocycles. The molecule has 116 valence electrons. The number of rotatable bonds is 6. The summed E-state index contributed by atoms with van der Waals surface area (Å²) in [5, 5.41) is 0.426. The molecule has 0 aliphatic carbocycles. The van der Waals surface area contributed by atoms with E-state index in [9.17, 15) is 13.2 Å². The number of amides is 1. The second-order valence-electron chi connectivity index (χ2n) is 4.51. The number of hydroxylamine groups is 1. The van der Waals surface area contributed by atoms with Crippen LogP contribution in [0.15, 0.2) is 59.5 Å². The average molecular weight is 340 g/mol. The lowest BCUT2D eigenvalue weighted by atomic mass is 10.2. The van der Waals surface area contributed by atoms with E-state index in [-0.39, 0.29) is 11.5 Å². The molecule has 7 heteroatoms. The number of benzene rings is 2. The quantitative estimate of drug-likeness (QED) is 0.820. The minimum atomic E-state index is -3.72. The van der Waals surface area contributed by atoms with Crippen molar-refractivity contribution in [2.45, 2.75) is 11.5 Å². The van der Waals surface area contributed by atoms with Crippen LogP contribution in [0, 0.1) is 0 Å². The van der Waals surface area contributed by atoms with Crippen molar-refractivity contribution in [3.8, 4) is 0 Å². The number of carbonyl (C=O) groups is 1. The van der Waals surface area contributed by atoms with Crippen molar-refractivity contribution in [3.05, 3.63) is 65.2 Å². The molecule has 2 aromatic carbocycles. The molecule has 1 amide bonds. The first-order valence-electron chi connectivity index (χ1n) is 6.40. The zero-order valence-corrected chi connectivity index (χ0v) is 13.1. The third-order valence-corrected chi connectivity index (χ3v) is 4.65. The van der Waals surface area contributed by atoms with Crippen molar-refractivity contribution in [3.63, 3.8) is 0 Å². The molecule has 0 aliphatic heterocycles. The van der Waals surface area contributed by atoms with Gasteiger partial charge in [0.05, 0.1) is 11.5 Å². The number of hydrogen-bond donors (Lipinski definition) is 1. The average Bonchev–Trinajstić information content (AvgIpc) is 2.48. The predicted octanol–water partition coefficient (Wildman–Crippen LogP) is 2.36. The summed E-state index contributed by atoms with van der Waals surface area (Å²) in [4.78, 5) is 16.7. The first-order chi connectivity index (χ1) is 10.5. The summed E-state index contributed by atoms with van der Waals surface area (Å²) in [6.45, 7) is 0.160. The lowest BCUT2D eigenvalue weighted by molar-refractivity contribution is -0.131. The topological polar surface area (TPSA) is 72.5 Å². The predicted molar refractivity (Wildman–Crippen MR) is 82.9 cm³/mol. The number of nitrogens with one attached hydrogen (secondary N) is 1. The molecule has 2 aromatic rings. The van der Waals surface area contributed by atoms with Gasteiger partial charge in [0.25, 0.3) is 5.91 Å². The van der Waals surface area contributed by atoms with Crippen LogP contribution >= 0.6 is 11.6 Å². The second-order valence-corrected chi connectivity index (χ2v) is 6.94. The highest BCUT2D eigenvalue weighted by Gasteiger charge is 2.19. The fraction of sp³-hybridized carbons (Fsp3) is 0.133. The van der Waals surface area contributed by atoms with E-state index in [0.717, 1.165) is 5.56 Å². The second kappa shape index (κ2) is 7.40. The van der Waals surface area contributed by atoms with Crippen LogP contribution in [0.2, 0.25) is 5.02 Å². The van der Waals surface area contributed by atoms with Gasteiger partial charge in [-0.3, -0.25) is 9.63 Å². The maximum atomic E-state index is 12.0. The Labute approximate surface area is 133 Å². The Balaban J connectivity index is 1.87. The summed E-state index contributed by atoms with van der Waals surface area (Å²) in [5.41, 5.74) is 2.99. The molecule has 0 unspecified atom stereocenters. The first-order valence-corrected chi connectivity index (χ1v) is 8.43. The largest absolute Gasteiger partial charge is 0.272 e. The van der Waals surface area contributed by atoms with Gasteiger partial charge in [-0.2, -0.15) is 0 Å². The van der Waals surface area contributed by atoms with Crippen molar-refractivity contribution in [2.24, 2.45) is 0 Å². The standard InChI is InChI=1S/C15H14ClNO4S/c16-13-6-8-14(9-7-13)22(19,20)11-15(18)17-21-10-12-4-2-1-3-5-12/h1-9H,10-11H2,(H,17,18). The van der Waals surface area contributed by atoms with E-state index in [1.165, 1.54) is 24.3 Å². The smallest absolute Gasteiger partial charge is 0.259 e. The number of halogens is 1. The van der Waals surface area contributed by atoms with Crippen LogP contribution in [0.4, 0.5) is 0 Å². The van der Waals surface area contributed by atoms with Gasteiger partial charge in [0.2, 0.25) is 0 Å². The van der Waals surface area contributed by atoms with E-state index in [1.54, 1.807) is 0 Å². The van der Waals surface area contributed by atoms with Crippen LogP contribution in [-0.4, -0.2) is 20.1 Å². The number of carbonyl (C=O) groups excluding carboxylic acids is 1. The maximum Gasteiger partial charge on any atom is 0.259 e. The van der Waals surface area contributed by atoms with Crippen LogP contribution < -0.4 is 5.48 Å². The first kappa shape index (κ1) is 16.5. The van der Waals surface area contributed by atoms with E-state index in [2.05, 4.69) is 5.48 Å². The lowest BCUT2D eigenvalue weighted by Gasteiger charge is -2.07. The van der Waals surface area contributed by atoms with Gasteiger partial charge < -0.3 is 0 Å². The lowest BCUT2D eigenvalue weighted by Crippen LogP contribution is -2.30. The molecule has 1 N–H and O–H groups in total. The maximum absolute atomic E-state index is 12.0. The van der Waals surface area contributed by atoms with Crippen molar-refractivity contribution in [2.75, 3.05) is 5.75 Å². The summed E-state index contributed by atoms with van der Waals surface area (Å²) >= 11 is 5.70. The molecule has 22 heavy (non-hydrogen) atoms. The van der Waals surface area contributed by atoms with E-state index < -0.39 is 21.5 Å². The van der Waals surface area contributed by atoms with E-state index in [4.69, 9.17) is 16.4 Å². The molecule has 0 saturated heterocycles.